The quantitative estimate of drug-likeness (QED) is 0.760. The Morgan fingerprint density at radius 3 is 2.57 bits per heavy atom. The van der Waals surface area contributed by atoms with Gasteiger partial charge in [-0.05, 0) is 13.3 Å². The van der Waals surface area contributed by atoms with Crippen LogP contribution in [0.2, 0.25) is 0 Å². The minimum atomic E-state index is -3.48. The highest BCUT2D eigenvalue weighted by molar-refractivity contribution is 7.89. The molecular weight excluding hydrogens is 204 g/mol. The number of nitrogens with zero attached hydrogens (tertiary/aromatic N) is 3. The Bertz CT molecular complexity index is 409. The molecule has 0 bridgehead atoms. The second kappa shape index (κ2) is 4.05. The van der Waals surface area contributed by atoms with Gasteiger partial charge in [0, 0.05) is 13.6 Å². The van der Waals surface area contributed by atoms with Crippen LogP contribution >= 0.6 is 0 Å². The first-order valence-corrected chi connectivity index (χ1v) is 5.83. The lowest BCUT2D eigenvalue weighted by Crippen LogP contribution is -2.25. The van der Waals surface area contributed by atoms with Crippen LogP contribution in [0.15, 0.2) is 5.03 Å². The number of aryl methyl sites for hydroxylation is 1. The summed E-state index contributed by atoms with van der Waals surface area (Å²) < 4.78 is 27.1. The van der Waals surface area contributed by atoms with Crippen molar-refractivity contribution in [2.45, 2.75) is 25.3 Å². The largest absolute Gasteiger partial charge is 0.261 e. The van der Waals surface area contributed by atoms with Gasteiger partial charge in [-0.3, -0.25) is 4.68 Å². The van der Waals surface area contributed by atoms with Crippen molar-refractivity contribution in [1.82, 2.24) is 19.7 Å². The second-order valence-corrected chi connectivity index (χ2v) is 4.68. The zero-order chi connectivity index (χ0) is 10.8. The van der Waals surface area contributed by atoms with Crippen LogP contribution < -0.4 is 4.72 Å². The first kappa shape index (κ1) is 11.1. The van der Waals surface area contributed by atoms with Crippen LogP contribution in [0.25, 0.3) is 0 Å². The summed E-state index contributed by atoms with van der Waals surface area (Å²) >= 11 is 0. The number of sulfonamides is 1. The monoisotopic (exact) mass is 218 g/mol. The van der Waals surface area contributed by atoms with Crippen molar-refractivity contribution in [2.24, 2.45) is 7.05 Å². The minimum absolute atomic E-state index is 0.00782. The fourth-order valence-electron chi connectivity index (χ4n) is 0.939. The van der Waals surface area contributed by atoms with Gasteiger partial charge in [-0.15, -0.1) is 5.10 Å². The lowest BCUT2D eigenvalue weighted by atomic mass is 10.5. The van der Waals surface area contributed by atoms with Gasteiger partial charge in [0.15, 0.2) is 0 Å². The van der Waals surface area contributed by atoms with Crippen LogP contribution in [-0.2, 0) is 17.1 Å². The smallest absolute Gasteiger partial charge is 0.251 e. The highest BCUT2D eigenvalue weighted by Gasteiger charge is 2.20. The Morgan fingerprint density at radius 2 is 2.14 bits per heavy atom. The van der Waals surface area contributed by atoms with E-state index in [1.54, 1.807) is 14.0 Å². The van der Waals surface area contributed by atoms with E-state index in [0.29, 0.717) is 12.2 Å². The molecule has 0 saturated heterocycles. The Labute approximate surface area is 83.4 Å². The molecular formula is C7H14N4O2S. The predicted molar refractivity (Wildman–Crippen MR) is 51.2 cm³/mol. The number of nitrogens with one attached hydrogen (secondary N) is 1. The van der Waals surface area contributed by atoms with Crippen molar-refractivity contribution in [1.29, 1.82) is 0 Å². The Hall–Kier alpha value is -0.950. The molecule has 1 aromatic rings. The normalized spacial score (nSPS) is 11.9. The molecule has 0 aliphatic rings. The molecule has 0 spiro atoms. The van der Waals surface area contributed by atoms with Gasteiger partial charge in [-0.1, -0.05) is 12.1 Å². The SMILES string of the molecule is CCCNS(=O)(=O)c1nnn(C)c1C. The van der Waals surface area contributed by atoms with E-state index in [0.717, 1.165) is 6.42 Å². The lowest BCUT2D eigenvalue weighted by molar-refractivity contribution is 0.576. The molecule has 1 aromatic heterocycles. The summed E-state index contributed by atoms with van der Waals surface area (Å²) in [4.78, 5) is 0. The Balaban J connectivity index is 2.99. The third-order valence-electron chi connectivity index (χ3n) is 1.86. The molecule has 1 rings (SSSR count). The maximum absolute atomic E-state index is 11.6. The molecule has 0 radical (unpaired) electrons. The summed E-state index contributed by atoms with van der Waals surface area (Å²) in [7, 11) is -1.82. The van der Waals surface area contributed by atoms with Crippen LogP contribution in [-0.4, -0.2) is 30.0 Å². The summed E-state index contributed by atoms with van der Waals surface area (Å²) in [5, 5.41) is 7.25. The molecule has 6 nitrogen and oxygen atoms in total. The van der Waals surface area contributed by atoms with Crippen molar-refractivity contribution in [3.05, 3.63) is 5.69 Å². The van der Waals surface area contributed by atoms with E-state index in [1.165, 1.54) is 4.68 Å². The summed E-state index contributed by atoms with van der Waals surface area (Å²) in [6, 6.07) is 0. The van der Waals surface area contributed by atoms with Gasteiger partial charge in [-0.2, -0.15) is 0 Å². The van der Waals surface area contributed by atoms with E-state index in [9.17, 15) is 8.42 Å². The third-order valence-corrected chi connectivity index (χ3v) is 3.33. The van der Waals surface area contributed by atoms with Crippen molar-refractivity contribution in [3.63, 3.8) is 0 Å². The molecule has 0 aliphatic carbocycles. The predicted octanol–water partition coefficient (Wildman–Crippen LogP) is -0.188. The molecule has 14 heavy (non-hydrogen) atoms. The van der Waals surface area contributed by atoms with E-state index in [2.05, 4.69) is 15.0 Å². The van der Waals surface area contributed by atoms with Crippen LogP contribution in [0, 0.1) is 6.92 Å². The fraction of sp³-hybridized carbons (Fsp3) is 0.714. The zero-order valence-corrected chi connectivity index (χ0v) is 9.30. The maximum Gasteiger partial charge on any atom is 0.261 e. The number of hydrogen-bond acceptors (Lipinski definition) is 4. The molecule has 1 N–H and O–H groups in total. The van der Waals surface area contributed by atoms with E-state index >= 15 is 0 Å². The second-order valence-electron chi connectivity index (χ2n) is 3.00. The van der Waals surface area contributed by atoms with Crippen LogP contribution in [0.4, 0.5) is 0 Å². The molecule has 0 unspecified atom stereocenters. The van der Waals surface area contributed by atoms with Crippen LogP contribution in [0.3, 0.4) is 0 Å². The first-order chi connectivity index (χ1) is 6.49. The summed E-state index contributed by atoms with van der Waals surface area (Å²) in [5.41, 5.74) is 0.536. The topological polar surface area (TPSA) is 76.9 Å². The zero-order valence-electron chi connectivity index (χ0n) is 8.48. The van der Waals surface area contributed by atoms with Gasteiger partial charge in [-0.25, -0.2) is 13.1 Å². The van der Waals surface area contributed by atoms with E-state index in [4.69, 9.17) is 0 Å². The van der Waals surface area contributed by atoms with E-state index in [-0.39, 0.29) is 5.03 Å². The van der Waals surface area contributed by atoms with Crippen molar-refractivity contribution in [2.75, 3.05) is 6.54 Å². The highest BCUT2D eigenvalue weighted by Crippen LogP contribution is 2.08. The fourth-order valence-corrected chi connectivity index (χ4v) is 2.21. The molecule has 0 atom stereocenters. The summed E-state index contributed by atoms with van der Waals surface area (Å²) in [5.74, 6) is 0. The van der Waals surface area contributed by atoms with Crippen molar-refractivity contribution >= 4 is 10.0 Å². The lowest BCUT2D eigenvalue weighted by Gasteiger charge is -2.02. The van der Waals surface area contributed by atoms with Gasteiger partial charge < -0.3 is 0 Å². The van der Waals surface area contributed by atoms with Crippen LogP contribution in [0.5, 0.6) is 0 Å². The average molecular weight is 218 g/mol. The van der Waals surface area contributed by atoms with Gasteiger partial charge in [0.2, 0.25) is 5.03 Å². The van der Waals surface area contributed by atoms with Gasteiger partial charge in [0.1, 0.15) is 0 Å². The number of rotatable bonds is 4. The minimum Gasteiger partial charge on any atom is -0.251 e. The Morgan fingerprint density at radius 1 is 1.50 bits per heavy atom. The van der Waals surface area contributed by atoms with Gasteiger partial charge in [0.05, 0.1) is 5.69 Å². The maximum atomic E-state index is 11.6. The summed E-state index contributed by atoms with van der Waals surface area (Å²) in [6.07, 6.45) is 0.749. The van der Waals surface area contributed by atoms with E-state index in [1.807, 2.05) is 6.92 Å². The number of aromatic nitrogens is 3. The molecule has 0 saturated carbocycles. The first-order valence-electron chi connectivity index (χ1n) is 4.35. The Kier molecular flexibility index (Phi) is 3.22. The standard InChI is InChI=1S/C7H14N4O2S/c1-4-5-8-14(12,13)7-6(2)11(3)10-9-7/h8H,4-5H2,1-3H3. The molecule has 0 aromatic carbocycles. The molecule has 0 amide bonds. The van der Waals surface area contributed by atoms with E-state index < -0.39 is 10.0 Å². The third kappa shape index (κ3) is 2.10. The van der Waals surface area contributed by atoms with Gasteiger partial charge >= 0.3 is 0 Å². The summed E-state index contributed by atoms with van der Waals surface area (Å²) in [6.45, 7) is 3.98. The van der Waals surface area contributed by atoms with Gasteiger partial charge in [0.25, 0.3) is 10.0 Å². The number of hydrogen-bond donors (Lipinski definition) is 1. The van der Waals surface area contributed by atoms with Crippen molar-refractivity contribution < 1.29 is 8.42 Å². The molecule has 80 valence electrons. The molecule has 7 heteroatoms. The highest BCUT2D eigenvalue weighted by atomic mass is 32.2. The van der Waals surface area contributed by atoms with Crippen LogP contribution in [0.1, 0.15) is 19.0 Å². The molecule has 0 fully saturated rings. The van der Waals surface area contributed by atoms with Crippen molar-refractivity contribution in [3.8, 4) is 0 Å². The average Bonchev–Trinajstić information content (AvgIpc) is 2.45. The molecule has 0 aliphatic heterocycles. The molecule has 1 heterocycles.